The molecule has 0 radical (unpaired) electrons. The van der Waals surface area contributed by atoms with Gasteiger partial charge >= 0.3 is 0 Å². The van der Waals surface area contributed by atoms with Crippen LogP contribution < -0.4 is 0 Å². The Kier molecular flexibility index (Phi) is 2.54. The summed E-state index contributed by atoms with van der Waals surface area (Å²) in [6.45, 7) is 1.16. The predicted octanol–water partition coefficient (Wildman–Crippen LogP) is 0.877. The van der Waals surface area contributed by atoms with Crippen molar-refractivity contribution in [2.45, 2.75) is 18.9 Å². The number of likely N-dealkylation sites (tertiary alicyclic amines) is 1. The average molecular weight is 195 g/mol. The van der Waals surface area contributed by atoms with Crippen LogP contribution in [0.2, 0.25) is 0 Å². The highest BCUT2D eigenvalue weighted by molar-refractivity contribution is 5.93. The van der Waals surface area contributed by atoms with E-state index in [2.05, 4.69) is 0 Å². The minimum Gasteiger partial charge on any atom is -0.472 e. The van der Waals surface area contributed by atoms with Crippen LogP contribution in [0.15, 0.2) is 23.0 Å². The maximum atomic E-state index is 11.8. The van der Waals surface area contributed by atoms with Gasteiger partial charge in [0.1, 0.15) is 6.26 Å². The monoisotopic (exact) mass is 195 g/mol. The smallest absolute Gasteiger partial charge is 0.257 e. The van der Waals surface area contributed by atoms with E-state index in [9.17, 15) is 9.90 Å². The minimum atomic E-state index is -0.375. The van der Waals surface area contributed by atoms with Crippen molar-refractivity contribution < 1.29 is 14.3 Å². The second-order valence-corrected chi connectivity index (χ2v) is 3.56. The van der Waals surface area contributed by atoms with Gasteiger partial charge < -0.3 is 14.4 Å². The Morgan fingerprint density at radius 2 is 2.50 bits per heavy atom. The summed E-state index contributed by atoms with van der Waals surface area (Å²) >= 11 is 0. The lowest BCUT2D eigenvalue weighted by Gasteiger charge is -2.29. The van der Waals surface area contributed by atoms with Crippen molar-refractivity contribution in [1.29, 1.82) is 0 Å². The van der Waals surface area contributed by atoms with E-state index in [1.807, 2.05) is 0 Å². The van der Waals surface area contributed by atoms with Gasteiger partial charge in [-0.2, -0.15) is 0 Å². The first-order valence-corrected chi connectivity index (χ1v) is 4.77. The number of carbonyl (C=O) groups excluding carboxylic acids is 1. The van der Waals surface area contributed by atoms with Gasteiger partial charge in [-0.25, -0.2) is 0 Å². The molecule has 0 bridgehead atoms. The highest BCUT2D eigenvalue weighted by Gasteiger charge is 2.23. The van der Waals surface area contributed by atoms with Crippen LogP contribution in [0.4, 0.5) is 0 Å². The largest absolute Gasteiger partial charge is 0.472 e. The minimum absolute atomic E-state index is 0.0579. The average Bonchev–Trinajstić information content (AvgIpc) is 2.69. The molecule has 4 heteroatoms. The van der Waals surface area contributed by atoms with E-state index >= 15 is 0 Å². The van der Waals surface area contributed by atoms with E-state index in [-0.39, 0.29) is 12.0 Å². The highest BCUT2D eigenvalue weighted by atomic mass is 16.3. The summed E-state index contributed by atoms with van der Waals surface area (Å²) in [5.41, 5.74) is 0.555. The molecule has 1 aliphatic heterocycles. The molecule has 4 nitrogen and oxygen atoms in total. The third kappa shape index (κ3) is 1.80. The van der Waals surface area contributed by atoms with Gasteiger partial charge in [-0.1, -0.05) is 0 Å². The first kappa shape index (κ1) is 9.27. The van der Waals surface area contributed by atoms with Crippen LogP contribution in [0.1, 0.15) is 23.2 Å². The summed E-state index contributed by atoms with van der Waals surface area (Å²) in [7, 11) is 0. The molecule has 1 saturated heterocycles. The molecule has 1 fully saturated rings. The SMILES string of the molecule is O=C(c1ccoc1)N1CCCC(O)C1. The van der Waals surface area contributed by atoms with Crippen LogP contribution in [0.5, 0.6) is 0 Å². The van der Waals surface area contributed by atoms with E-state index in [0.717, 1.165) is 19.4 Å². The summed E-state index contributed by atoms with van der Waals surface area (Å²) < 4.78 is 4.84. The van der Waals surface area contributed by atoms with Gasteiger partial charge in [0, 0.05) is 13.1 Å². The molecule has 0 saturated carbocycles. The Morgan fingerprint density at radius 1 is 1.64 bits per heavy atom. The maximum Gasteiger partial charge on any atom is 0.257 e. The summed E-state index contributed by atoms with van der Waals surface area (Å²) in [5.74, 6) is -0.0579. The topological polar surface area (TPSA) is 53.7 Å². The normalized spacial score (nSPS) is 22.4. The number of amides is 1. The number of furan rings is 1. The van der Waals surface area contributed by atoms with Crippen molar-refractivity contribution in [3.8, 4) is 0 Å². The lowest BCUT2D eigenvalue weighted by Crippen LogP contribution is -2.42. The Bertz CT molecular complexity index is 307. The molecule has 1 aromatic heterocycles. The number of piperidine rings is 1. The fourth-order valence-corrected chi connectivity index (χ4v) is 1.71. The first-order chi connectivity index (χ1) is 6.77. The molecule has 1 unspecified atom stereocenters. The van der Waals surface area contributed by atoms with Gasteiger partial charge in [0.2, 0.25) is 0 Å². The van der Waals surface area contributed by atoms with Crippen LogP contribution in [-0.2, 0) is 0 Å². The van der Waals surface area contributed by atoms with Crippen LogP contribution in [0, 0.1) is 0 Å². The quantitative estimate of drug-likeness (QED) is 0.723. The molecule has 2 rings (SSSR count). The summed E-state index contributed by atoms with van der Waals surface area (Å²) in [5, 5.41) is 9.41. The number of β-amino-alcohol motifs (C(OH)–C–C–N with tert-alkyl or cyclic N) is 1. The molecule has 0 aliphatic carbocycles. The van der Waals surface area contributed by atoms with E-state index in [1.165, 1.54) is 12.5 Å². The van der Waals surface area contributed by atoms with E-state index in [1.54, 1.807) is 11.0 Å². The summed E-state index contributed by atoms with van der Waals surface area (Å²) in [6, 6.07) is 1.64. The number of nitrogens with zero attached hydrogens (tertiary/aromatic N) is 1. The lowest BCUT2D eigenvalue weighted by atomic mass is 10.1. The molecule has 1 amide bonds. The molecule has 14 heavy (non-hydrogen) atoms. The van der Waals surface area contributed by atoms with Crippen LogP contribution in [0.25, 0.3) is 0 Å². The Hall–Kier alpha value is -1.29. The number of carbonyl (C=O) groups is 1. The molecular formula is C10H13NO3. The molecule has 1 N–H and O–H groups in total. The second-order valence-electron chi connectivity index (χ2n) is 3.56. The van der Waals surface area contributed by atoms with Gasteiger partial charge in [-0.15, -0.1) is 0 Å². The van der Waals surface area contributed by atoms with Crippen molar-refractivity contribution >= 4 is 5.91 Å². The molecule has 0 aromatic carbocycles. The number of hydrogen-bond donors (Lipinski definition) is 1. The van der Waals surface area contributed by atoms with Crippen molar-refractivity contribution in [3.05, 3.63) is 24.2 Å². The van der Waals surface area contributed by atoms with Crippen molar-refractivity contribution in [2.75, 3.05) is 13.1 Å². The molecule has 1 atom stereocenters. The van der Waals surface area contributed by atoms with Gasteiger partial charge in [0.15, 0.2) is 0 Å². The molecule has 1 aromatic rings. The first-order valence-electron chi connectivity index (χ1n) is 4.77. The van der Waals surface area contributed by atoms with E-state index in [0.29, 0.717) is 12.1 Å². The number of aliphatic hydroxyl groups is 1. The molecular weight excluding hydrogens is 182 g/mol. The van der Waals surface area contributed by atoms with Crippen LogP contribution >= 0.6 is 0 Å². The van der Waals surface area contributed by atoms with Crippen molar-refractivity contribution in [2.24, 2.45) is 0 Å². The highest BCUT2D eigenvalue weighted by Crippen LogP contribution is 2.13. The second kappa shape index (κ2) is 3.84. The standard InChI is InChI=1S/C10H13NO3/c12-9-2-1-4-11(6-9)10(13)8-3-5-14-7-8/h3,5,7,9,12H,1-2,4,6H2. The van der Waals surface area contributed by atoms with E-state index in [4.69, 9.17) is 4.42 Å². The molecule has 0 spiro atoms. The number of hydrogen-bond acceptors (Lipinski definition) is 3. The van der Waals surface area contributed by atoms with E-state index < -0.39 is 0 Å². The summed E-state index contributed by atoms with van der Waals surface area (Å²) in [6.07, 6.45) is 4.19. The Morgan fingerprint density at radius 3 is 3.14 bits per heavy atom. The number of rotatable bonds is 1. The molecule has 2 heterocycles. The van der Waals surface area contributed by atoms with Gasteiger partial charge in [-0.05, 0) is 18.9 Å². The third-order valence-electron chi connectivity index (χ3n) is 2.45. The zero-order valence-corrected chi connectivity index (χ0v) is 7.85. The fraction of sp³-hybridized carbons (Fsp3) is 0.500. The Labute approximate surface area is 82.1 Å². The predicted molar refractivity (Wildman–Crippen MR) is 49.9 cm³/mol. The molecule has 76 valence electrons. The van der Waals surface area contributed by atoms with Gasteiger partial charge in [0.25, 0.3) is 5.91 Å². The maximum absolute atomic E-state index is 11.8. The van der Waals surface area contributed by atoms with Crippen LogP contribution in [-0.4, -0.2) is 35.1 Å². The zero-order chi connectivity index (χ0) is 9.97. The Balaban J connectivity index is 2.04. The number of aliphatic hydroxyl groups excluding tert-OH is 1. The summed E-state index contributed by atoms with van der Waals surface area (Å²) in [4.78, 5) is 13.4. The molecule has 1 aliphatic rings. The fourth-order valence-electron chi connectivity index (χ4n) is 1.71. The van der Waals surface area contributed by atoms with Gasteiger partial charge in [-0.3, -0.25) is 4.79 Å². The van der Waals surface area contributed by atoms with Crippen molar-refractivity contribution in [1.82, 2.24) is 4.90 Å². The lowest BCUT2D eigenvalue weighted by molar-refractivity contribution is 0.0473. The third-order valence-corrected chi connectivity index (χ3v) is 2.45. The van der Waals surface area contributed by atoms with Crippen molar-refractivity contribution in [3.63, 3.8) is 0 Å². The van der Waals surface area contributed by atoms with Crippen LogP contribution in [0.3, 0.4) is 0 Å². The van der Waals surface area contributed by atoms with Gasteiger partial charge in [0.05, 0.1) is 17.9 Å². The zero-order valence-electron chi connectivity index (χ0n) is 7.85.